The summed E-state index contributed by atoms with van der Waals surface area (Å²) in [5.74, 6) is -3.71. The topological polar surface area (TPSA) is 26.0 Å². The average Bonchev–Trinajstić information content (AvgIpc) is 2.24. The maximum Gasteiger partial charge on any atom is 0.194 e. The first-order chi connectivity index (χ1) is 7.47. The van der Waals surface area contributed by atoms with E-state index in [-0.39, 0.29) is 5.92 Å². The van der Waals surface area contributed by atoms with Gasteiger partial charge in [0, 0.05) is 6.04 Å². The lowest BCUT2D eigenvalue weighted by molar-refractivity contribution is 0.416. The van der Waals surface area contributed by atoms with Crippen molar-refractivity contribution >= 4 is 0 Å². The summed E-state index contributed by atoms with van der Waals surface area (Å²) in [6, 6.07) is 1.47. The Hall–Kier alpha value is -1.03. The van der Waals surface area contributed by atoms with Gasteiger partial charge in [0.2, 0.25) is 0 Å². The quantitative estimate of drug-likeness (QED) is 0.788. The summed E-state index contributed by atoms with van der Waals surface area (Å²) in [6.07, 6.45) is 1.81. The zero-order chi connectivity index (χ0) is 12.3. The van der Waals surface area contributed by atoms with E-state index in [4.69, 9.17) is 5.73 Å². The molecule has 2 unspecified atom stereocenters. The van der Waals surface area contributed by atoms with Crippen molar-refractivity contribution < 1.29 is 13.2 Å². The highest BCUT2D eigenvalue weighted by molar-refractivity contribution is 5.22. The van der Waals surface area contributed by atoms with Crippen LogP contribution in [-0.4, -0.2) is 0 Å². The molecule has 0 radical (unpaired) electrons. The van der Waals surface area contributed by atoms with Gasteiger partial charge in [0.1, 0.15) is 0 Å². The normalized spacial score (nSPS) is 14.9. The van der Waals surface area contributed by atoms with Gasteiger partial charge in [0.15, 0.2) is 17.5 Å². The monoisotopic (exact) mass is 231 g/mol. The third-order valence-electron chi connectivity index (χ3n) is 2.75. The molecule has 90 valence electrons. The summed E-state index contributed by atoms with van der Waals surface area (Å²) in [5.41, 5.74) is 6.16. The predicted octanol–water partition coefficient (Wildman–Crippen LogP) is 3.54. The molecule has 0 saturated carbocycles. The van der Waals surface area contributed by atoms with Crippen LogP contribution in [0.4, 0.5) is 13.2 Å². The van der Waals surface area contributed by atoms with Gasteiger partial charge in [-0.05, 0) is 30.0 Å². The molecule has 0 amide bonds. The molecule has 0 aliphatic rings. The van der Waals surface area contributed by atoms with Crippen molar-refractivity contribution in [2.45, 2.75) is 32.7 Å². The molecular weight excluding hydrogens is 215 g/mol. The van der Waals surface area contributed by atoms with Crippen molar-refractivity contribution in [3.05, 3.63) is 35.1 Å². The van der Waals surface area contributed by atoms with Crippen molar-refractivity contribution in [1.29, 1.82) is 0 Å². The Bertz CT molecular complexity index is 342. The van der Waals surface area contributed by atoms with Gasteiger partial charge in [-0.2, -0.15) is 0 Å². The number of halogens is 3. The Morgan fingerprint density at radius 1 is 1.19 bits per heavy atom. The van der Waals surface area contributed by atoms with Crippen molar-refractivity contribution in [3.63, 3.8) is 0 Å². The lowest BCUT2D eigenvalue weighted by Crippen LogP contribution is -2.19. The molecule has 1 aromatic carbocycles. The van der Waals surface area contributed by atoms with E-state index in [1.54, 1.807) is 0 Å². The van der Waals surface area contributed by atoms with E-state index in [2.05, 4.69) is 0 Å². The van der Waals surface area contributed by atoms with E-state index in [9.17, 15) is 13.2 Å². The van der Waals surface area contributed by atoms with E-state index in [0.717, 1.165) is 25.0 Å². The highest BCUT2D eigenvalue weighted by Crippen LogP contribution is 2.25. The number of hydrogen-bond donors (Lipinski definition) is 1. The highest BCUT2D eigenvalue weighted by Gasteiger charge is 2.18. The van der Waals surface area contributed by atoms with Crippen LogP contribution in [-0.2, 0) is 0 Å². The first-order valence-electron chi connectivity index (χ1n) is 5.37. The first kappa shape index (κ1) is 13.0. The molecular formula is C12H16F3N. The lowest BCUT2D eigenvalue weighted by atomic mass is 9.92. The Morgan fingerprint density at radius 2 is 1.69 bits per heavy atom. The van der Waals surface area contributed by atoms with Crippen molar-refractivity contribution in [2.24, 2.45) is 11.7 Å². The van der Waals surface area contributed by atoms with E-state index < -0.39 is 23.5 Å². The minimum Gasteiger partial charge on any atom is -0.324 e. The number of hydrogen-bond acceptors (Lipinski definition) is 1. The van der Waals surface area contributed by atoms with Crippen LogP contribution in [0.25, 0.3) is 0 Å². The summed E-state index contributed by atoms with van der Waals surface area (Å²) < 4.78 is 38.7. The standard InChI is InChI=1S/C12H16F3N/c1-3-4-7(2)12(16)8-5-9(13)11(15)10(14)6-8/h5-7,12H,3-4,16H2,1-2H3. The molecule has 0 aromatic heterocycles. The second-order valence-electron chi connectivity index (χ2n) is 4.09. The van der Waals surface area contributed by atoms with Crippen molar-refractivity contribution in [1.82, 2.24) is 0 Å². The third kappa shape index (κ3) is 2.76. The van der Waals surface area contributed by atoms with E-state index >= 15 is 0 Å². The van der Waals surface area contributed by atoms with Gasteiger partial charge in [-0.15, -0.1) is 0 Å². The molecule has 16 heavy (non-hydrogen) atoms. The SMILES string of the molecule is CCCC(C)C(N)c1cc(F)c(F)c(F)c1. The molecule has 1 aromatic rings. The number of rotatable bonds is 4. The second kappa shape index (κ2) is 5.34. The highest BCUT2D eigenvalue weighted by atomic mass is 19.2. The Morgan fingerprint density at radius 3 is 2.12 bits per heavy atom. The Balaban J connectivity index is 2.96. The molecule has 0 aliphatic carbocycles. The molecule has 2 atom stereocenters. The summed E-state index contributed by atoms with van der Waals surface area (Å²) in [5, 5.41) is 0. The zero-order valence-electron chi connectivity index (χ0n) is 9.43. The second-order valence-corrected chi connectivity index (χ2v) is 4.09. The van der Waals surface area contributed by atoms with Crippen LogP contribution in [0.3, 0.4) is 0 Å². The summed E-state index contributed by atoms with van der Waals surface area (Å²) in [7, 11) is 0. The lowest BCUT2D eigenvalue weighted by Gasteiger charge is -2.19. The number of nitrogens with two attached hydrogens (primary N) is 1. The van der Waals surface area contributed by atoms with Crippen LogP contribution >= 0.6 is 0 Å². The molecule has 4 heteroatoms. The number of benzene rings is 1. The van der Waals surface area contributed by atoms with Gasteiger partial charge in [-0.25, -0.2) is 13.2 Å². The van der Waals surface area contributed by atoms with Crippen LogP contribution in [0.1, 0.15) is 38.3 Å². The van der Waals surface area contributed by atoms with E-state index in [0.29, 0.717) is 5.56 Å². The smallest absolute Gasteiger partial charge is 0.194 e. The predicted molar refractivity (Wildman–Crippen MR) is 57.3 cm³/mol. The summed E-state index contributed by atoms with van der Waals surface area (Å²) in [6.45, 7) is 3.92. The van der Waals surface area contributed by atoms with E-state index in [1.165, 1.54) is 0 Å². The van der Waals surface area contributed by atoms with Crippen molar-refractivity contribution in [3.8, 4) is 0 Å². The van der Waals surface area contributed by atoms with Gasteiger partial charge < -0.3 is 5.73 Å². The van der Waals surface area contributed by atoms with Gasteiger partial charge in [-0.1, -0.05) is 20.3 Å². The molecule has 0 aliphatic heterocycles. The van der Waals surface area contributed by atoms with Gasteiger partial charge >= 0.3 is 0 Å². The molecule has 0 saturated heterocycles. The minimum absolute atomic E-state index is 0.106. The molecule has 1 nitrogen and oxygen atoms in total. The maximum atomic E-state index is 13.0. The molecule has 0 bridgehead atoms. The maximum absolute atomic E-state index is 13.0. The molecule has 0 fully saturated rings. The molecule has 0 heterocycles. The summed E-state index contributed by atoms with van der Waals surface area (Å²) in [4.78, 5) is 0. The van der Waals surface area contributed by atoms with Gasteiger partial charge in [0.25, 0.3) is 0 Å². The van der Waals surface area contributed by atoms with Crippen LogP contribution in [0.15, 0.2) is 12.1 Å². The average molecular weight is 231 g/mol. The van der Waals surface area contributed by atoms with E-state index in [1.807, 2.05) is 13.8 Å². The fourth-order valence-electron chi connectivity index (χ4n) is 1.73. The van der Waals surface area contributed by atoms with Gasteiger partial charge in [-0.3, -0.25) is 0 Å². The Labute approximate surface area is 93.5 Å². The fourth-order valence-corrected chi connectivity index (χ4v) is 1.73. The minimum atomic E-state index is -1.45. The zero-order valence-corrected chi connectivity index (χ0v) is 9.43. The fraction of sp³-hybridized carbons (Fsp3) is 0.500. The van der Waals surface area contributed by atoms with Crippen LogP contribution < -0.4 is 5.73 Å². The first-order valence-corrected chi connectivity index (χ1v) is 5.37. The molecule has 0 spiro atoms. The molecule has 1 rings (SSSR count). The van der Waals surface area contributed by atoms with Crippen LogP contribution in [0.2, 0.25) is 0 Å². The van der Waals surface area contributed by atoms with Crippen LogP contribution in [0, 0.1) is 23.4 Å². The summed E-state index contributed by atoms with van der Waals surface area (Å²) >= 11 is 0. The van der Waals surface area contributed by atoms with Crippen molar-refractivity contribution in [2.75, 3.05) is 0 Å². The molecule has 2 N–H and O–H groups in total. The largest absolute Gasteiger partial charge is 0.324 e. The van der Waals surface area contributed by atoms with Gasteiger partial charge in [0.05, 0.1) is 0 Å². The van der Waals surface area contributed by atoms with Crippen LogP contribution in [0.5, 0.6) is 0 Å². The Kier molecular flexibility index (Phi) is 4.35. The third-order valence-corrected chi connectivity index (χ3v) is 2.75.